The molecule has 0 heterocycles. The number of rotatable bonds is 5. The van der Waals surface area contributed by atoms with Crippen molar-refractivity contribution >= 4 is 5.91 Å². The van der Waals surface area contributed by atoms with Gasteiger partial charge in [-0.25, -0.2) is 0 Å². The molecule has 4 heteroatoms. The number of nitrogens with two attached hydrogens (primary N) is 1. The molecule has 4 N–H and O–H groups in total. The Hall–Kier alpha value is -1.39. The van der Waals surface area contributed by atoms with Gasteiger partial charge in [0.1, 0.15) is 0 Å². The standard InChI is InChI=1S/C17H26N2O2/c1-13-7-9-17(12-20,10-8-13)19-16(21)11-15(18)14-5-3-2-4-6-14/h2-6,13,15,20H,7-12,18H2,1H3,(H,19,21). The van der Waals surface area contributed by atoms with Crippen LogP contribution in [0, 0.1) is 5.92 Å². The van der Waals surface area contributed by atoms with Crippen LogP contribution in [-0.2, 0) is 4.79 Å². The number of aliphatic hydroxyl groups is 1. The van der Waals surface area contributed by atoms with Gasteiger partial charge in [-0.05, 0) is 37.2 Å². The van der Waals surface area contributed by atoms with Crippen molar-refractivity contribution in [2.45, 2.75) is 50.6 Å². The summed E-state index contributed by atoms with van der Waals surface area (Å²) >= 11 is 0. The lowest BCUT2D eigenvalue weighted by Crippen LogP contribution is -2.53. The summed E-state index contributed by atoms with van der Waals surface area (Å²) in [5.74, 6) is 0.600. The molecule has 116 valence electrons. The number of carbonyl (C=O) groups excluding carboxylic acids is 1. The second-order valence-electron chi connectivity index (χ2n) is 6.39. The highest BCUT2D eigenvalue weighted by molar-refractivity contribution is 5.77. The first kappa shape index (κ1) is 16.0. The summed E-state index contributed by atoms with van der Waals surface area (Å²) in [6, 6.07) is 9.34. The quantitative estimate of drug-likeness (QED) is 0.777. The van der Waals surface area contributed by atoms with E-state index in [0.29, 0.717) is 5.92 Å². The van der Waals surface area contributed by atoms with Crippen molar-refractivity contribution in [2.24, 2.45) is 11.7 Å². The molecule has 1 aliphatic rings. The number of hydrogen-bond donors (Lipinski definition) is 3. The van der Waals surface area contributed by atoms with E-state index in [0.717, 1.165) is 31.2 Å². The van der Waals surface area contributed by atoms with Crippen molar-refractivity contribution < 1.29 is 9.90 Å². The highest BCUT2D eigenvalue weighted by atomic mass is 16.3. The monoisotopic (exact) mass is 290 g/mol. The first-order chi connectivity index (χ1) is 10.0. The molecule has 4 nitrogen and oxygen atoms in total. The lowest BCUT2D eigenvalue weighted by molar-refractivity contribution is -0.124. The molecule has 1 unspecified atom stereocenters. The smallest absolute Gasteiger partial charge is 0.222 e. The van der Waals surface area contributed by atoms with E-state index in [1.54, 1.807) is 0 Å². The van der Waals surface area contributed by atoms with E-state index < -0.39 is 5.54 Å². The van der Waals surface area contributed by atoms with Gasteiger partial charge >= 0.3 is 0 Å². The third kappa shape index (κ3) is 4.29. The second-order valence-corrected chi connectivity index (χ2v) is 6.39. The van der Waals surface area contributed by atoms with Crippen LogP contribution in [0.4, 0.5) is 0 Å². The van der Waals surface area contributed by atoms with E-state index >= 15 is 0 Å². The Morgan fingerprint density at radius 2 is 2.00 bits per heavy atom. The Labute approximate surface area is 126 Å². The topological polar surface area (TPSA) is 75.3 Å². The summed E-state index contributed by atoms with van der Waals surface area (Å²) in [4.78, 5) is 12.2. The van der Waals surface area contributed by atoms with E-state index in [1.807, 2.05) is 30.3 Å². The minimum absolute atomic E-state index is 0.00599. The fraction of sp³-hybridized carbons (Fsp3) is 0.588. The molecule has 1 aromatic rings. The number of carbonyl (C=O) groups is 1. The highest BCUT2D eigenvalue weighted by Crippen LogP contribution is 2.31. The van der Waals surface area contributed by atoms with Gasteiger partial charge in [-0.2, -0.15) is 0 Å². The van der Waals surface area contributed by atoms with Crippen LogP contribution in [0.25, 0.3) is 0 Å². The van der Waals surface area contributed by atoms with Gasteiger partial charge in [-0.15, -0.1) is 0 Å². The number of aliphatic hydroxyl groups excluding tert-OH is 1. The Kier molecular flexibility index (Phi) is 5.37. The largest absolute Gasteiger partial charge is 0.394 e. The molecule has 1 saturated carbocycles. The molecule has 0 aliphatic heterocycles. The van der Waals surface area contributed by atoms with Crippen LogP contribution in [0.2, 0.25) is 0 Å². The summed E-state index contributed by atoms with van der Waals surface area (Å²) in [6.07, 6.45) is 4.03. The normalized spacial score (nSPS) is 27.1. The van der Waals surface area contributed by atoms with Crippen molar-refractivity contribution in [3.05, 3.63) is 35.9 Å². The van der Waals surface area contributed by atoms with E-state index in [9.17, 15) is 9.90 Å². The lowest BCUT2D eigenvalue weighted by Gasteiger charge is -2.39. The van der Waals surface area contributed by atoms with Crippen molar-refractivity contribution in [3.8, 4) is 0 Å². The number of benzene rings is 1. The third-order valence-electron chi connectivity index (χ3n) is 4.57. The molecule has 0 bridgehead atoms. The van der Waals surface area contributed by atoms with E-state index in [1.165, 1.54) is 0 Å². The minimum Gasteiger partial charge on any atom is -0.394 e. The molecular formula is C17H26N2O2. The highest BCUT2D eigenvalue weighted by Gasteiger charge is 2.35. The molecule has 1 aromatic carbocycles. The maximum atomic E-state index is 12.2. The fourth-order valence-electron chi connectivity index (χ4n) is 3.00. The SMILES string of the molecule is CC1CCC(CO)(NC(=O)CC(N)c2ccccc2)CC1. The molecule has 0 aromatic heterocycles. The van der Waals surface area contributed by atoms with E-state index in [-0.39, 0.29) is 25.0 Å². The Morgan fingerprint density at radius 1 is 1.38 bits per heavy atom. The Balaban J connectivity index is 1.91. The van der Waals surface area contributed by atoms with Gasteiger partial charge < -0.3 is 16.2 Å². The van der Waals surface area contributed by atoms with Crippen LogP contribution in [-0.4, -0.2) is 23.2 Å². The zero-order valence-electron chi connectivity index (χ0n) is 12.7. The van der Waals surface area contributed by atoms with Crippen molar-refractivity contribution in [3.63, 3.8) is 0 Å². The van der Waals surface area contributed by atoms with Crippen LogP contribution >= 0.6 is 0 Å². The molecule has 2 rings (SSSR count). The van der Waals surface area contributed by atoms with Crippen LogP contribution < -0.4 is 11.1 Å². The van der Waals surface area contributed by atoms with Gasteiger partial charge in [0.25, 0.3) is 0 Å². The van der Waals surface area contributed by atoms with Gasteiger partial charge in [0, 0.05) is 12.5 Å². The first-order valence-corrected chi connectivity index (χ1v) is 7.77. The minimum atomic E-state index is -0.444. The van der Waals surface area contributed by atoms with Gasteiger partial charge in [0.05, 0.1) is 12.1 Å². The molecule has 0 spiro atoms. The number of hydrogen-bond acceptors (Lipinski definition) is 3. The van der Waals surface area contributed by atoms with Crippen molar-refractivity contribution in [1.82, 2.24) is 5.32 Å². The molecule has 1 fully saturated rings. The number of nitrogens with one attached hydrogen (secondary N) is 1. The van der Waals surface area contributed by atoms with E-state index in [2.05, 4.69) is 12.2 Å². The van der Waals surface area contributed by atoms with Crippen molar-refractivity contribution in [2.75, 3.05) is 6.61 Å². The zero-order valence-corrected chi connectivity index (χ0v) is 12.7. The summed E-state index contributed by atoms with van der Waals surface area (Å²) in [6.45, 7) is 2.22. The number of amides is 1. The summed E-state index contributed by atoms with van der Waals surface area (Å²) in [5, 5.41) is 12.7. The maximum Gasteiger partial charge on any atom is 0.222 e. The van der Waals surface area contributed by atoms with Gasteiger partial charge in [0.2, 0.25) is 5.91 Å². The van der Waals surface area contributed by atoms with Crippen LogP contribution in [0.3, 0.4) is 0 Å². The molecule has 21 heavy (non-hydrogen) atoms. The fourth-order valence-corrected chi connectivity index (χ4v) is 3.00. The first-order valence-electron chi connectivity index (χ1n) is 7.77. The molecule has 1 atom stereocenters. The average Bonchev–Trinajstić information content (AvgIpc) is 2.50. The summed E-state index contributed by atoms with van der Waals surface area (Å²) in [5.41, 5.74) is 6.60. The lowest BCUT2D eigenvalue weighted by atomic mass is 9.77. The van der Waals surface area contributed by atoms with Gasteiger partial charge in [-0.3, -0.25) is 4.79 Å². The summed E-state index contributed by atoms with van der Waals surface area (Å²) < 4.78 is 0. The Morgan fingerprint density at radius 3 is 2.57 bits per heavy atom. The van der Waals surface area contributed by atoms with Crippen LogP contribution in [0.15, 0.2) is 30.3 Å². The molecular weight excluding hydrogens is 264 g/mol. The Bertz CT molecular complexity index is 453. The van der Waals surface area contributed by atoms with Crippen LogP contribution in [0.1, 0.15) is 50.6 Å². The third-order valence-corrected chi connectivity index (χ3v) is 4.57. The predicted molar refractivity (Wildman–Crippen MR) is 83.6 cm³/mol. The molecule has 0 saturated heterocycles. The molecule has 1 amide bonds. The van der Waals surface area contributed by atoms with Gasteiger partial charge in [-0.1, -0.05) is 37.3 Å². The van der Waals surface area contributed by atoms with Gasteiger partial charge in [0.15, 0.2) is 0 Å². The predicted octanol–water partition coefficient (Wildman–Crippen LogP) is 2.13. The van der Waals surface area contributed by atoms with Crippen molar-refractivity contribution in [1.29, 1.82) is 0 Å². The average molecular weight is 290 g/mol. The second kappa shape index (κ2) is 7.05. The maximum absolute atomic E-state index is 12.2. The summed E-state index contributed by atoms with van der Waals surface area (Å²) in [7, 11) is 0. The molecule has 1 aliphatic carbocycles. The zero-order chi connectivity index (χ0) is 15.3. The van der Waals surface area contributed by atoms with Crippen LogP contribution in [0.5, 0.6) is 0 Å². The van der Waals surface area contributed by atoms with E-state index in [4.69, 9.17) is 5.73 Å². The molecule has 0 radical (unpaired) electrons.